The van der Waals surface area contributed by atoms with Crippen molar-refractivity contribution < 1.29 is 9.47 Å². The minimum absolute atomic E-state index is 0.389. The number of aromatic nitrogens is 4. The van der Waals surface area contributed by atoms with E-state index in [1.54, 1.807) is 13.3 Å². The van der Waals surface area contributed by atoms with Gasteiger partial charge in [-0.05, 0) is 77.7 Å². The van der Waals surface area contributed by atoms with Crippen LogP contribution >= 0.6 is 0 Å². The Bertz CT molecular complexity index is 1450. The van der Waals surface area contributed by atoms with Crippen LogP contribution in [0.5, 0.6) is 11.5 Å². The lowest BCUT2D eigenvalue weighted by Gasteiger charge is -2.10. The molecule has 0 aliphatic rings. The number of hydrogen-bond donors (Lipinski definition) is 2. The molecular formula is C28H24N4O2. The lowest BCUT2D eigenvalue weighted by atomic mass is 10.1. The van der Waals surface area contributed by atoms with Crippen LogP contribution in [-0.2, 0) is 6.61 Å². The quantitative estimate of drug-likeness (QED) is 0.296. The van der Waals surface area contributed by atoms with Gasteiger partial charge in [0.15, 0.2) is 0 Å². The molecule has 0 saturated carbocycles. The molecule has 2 N–H and O–H groups in total. The summed E-state index contributed by atoms with van der Waals surface area (Å²) in [5.74, 6) is 1.51. The van der Waals surface area contributed by atoms with Crippen molar-refractivity contribution >= 4 is 35.2 Å². The predicted octanol–water partition coefficient (Wildman–Crippen LogP) is 6.21. The van der Waals surface area contributed by atoms with Crippen LogP contribution < -0.4 is 9.47 Å². The first kappa shape index (κ1) is 21.3. The fourth-order valence-corrected chi connectivity index (χ4v) is 3.60. The number of H-pyrrole nitrogens is 2. The highest BCUT2D eigenvalue weighted by Crippen LogP contribution is 2.27. The predicted molar refractivity (Wildman–Crippen MR) is 136 cm³/mol. The number of nitrogens with one attached hydrogen (secondary N) is 2. The van der Waals surface area contributed by atoms with Gasteiger partial charge in [0, 0.05) is 23.5 Å². The van der Waals surface area contributed by atoms with Crippen molar-refractivity contribution in [3.63, 3.8) is 0 Å². The maximum absolute atomic E-state index is 6.02. The van der Waals surface area contributed by atoms with Crippen LogP contribution in [0.3, 0.4) is 0 Å². The molecule has 6 nitrogen and oxygen atoms in total. The highest BCUT2D eigenvalue weighted by Gasteiger charge is 2.05. The Labute approximate surface area is 197 Å². The molecule has 5 aromatic rings. The highest BCUT2D eigenvalue weighted by atomic mass is 16.5. The van der Waals surface area contributed by atoms with E-state index in [4.69, 9.17) is 9.47 Å². The molecule has 0 amide bonds. The fraction of sp³-hybridized carbons (Fsp3) is 0.0714. The van der Waals surface area contributed by atoms with E-state index in [9.17, 15) is 0 Å². The molecule has 0 saturated heterocycles. The van der Waals surface area contributed by atoms with Crippen molar-refractivity contribution in [2.24, 2.45) is 0 Å². The van der Waals surface area contributed by atoms with Crippen molar-refractivity contribution in [2.45, 2.75) is 6.61 Å². The van der Waals surface area contributed by atoms with Gasteiger partial charge < -0.3 is 14.5 Å². The number of fused-ring (bicyclic) bond motifs is 1. The minimum Gasteiger partial charge on any atom is -0.497 e. The van der Waals surface area contributed by atoms with Crippen LogP contribution in [-0.4, -0.2) is 27.3 Å². The summed E-state index contributed by atoms with van der Waals surface area (Å²) in [6, 6.07) is 21.9. The van der Waals surface area contributed by atoms with Crippen LogP contribution in [0.15, 0.2) is 79.1 Å². The molecule has 3 aromatic heterocycles. The molecule has 6 heteroatoms. The zero-order chi connectivity index (χ0) is 23.2. The van der Waals surface area contributed by atoms with Gasteiger partial charge in [-0.15, -0.1) is 0 Å². The molecule has 0 atom stereocenters. The average Bonchev–Trinajstić information content (AvgIpc) is 3.55. The van der Waals surface area contributed by atoms with Crippen molar-refractivity contribution in [1.82, 2.24) is 20.2 Å². The third kappa shape index (κ3) is 5.07. The largest absolute Gasteiger partial charge is 0.497 e. The number of hydrogen-bond acceptors (Lipinski definition) is 4. The number of pyridine rings is 1. The molecule has 34 heavy (non-hydrogen) atoms. The van der Waals surface area contributed by atoms with Gasteiger partial charge in [-0.2, -0.15) is 5.10 Å². The van der Waals surface area contributed by atoms with Gasteiger partial charge in [-0.3, -0.25) is 10.1 Å². The van der Waals surface area contributed by atoms with Crippen LogP contribution in [0.2, 0.25) is 0 Å². The Kier molecular flexibility index (Phi) is 6.21. The molecule has 0 bridgehead atoms. The molecule has 2 aromatic carbocycles. The van der Waals surface area contributed by atoms with E-state index in [1.807, 2.05) is 66.9 Å². The van der Waals surface area contributed by atoms with Crippen molar-refractivity contribution in [3.05, 3.63) is 107 Å². The second-order valence-electron chi connectivity index (χ2n) is 7.75. The minimum atomic E-state index is 0.389. The zero-order valence-corrected chi connectivity index (χ0v) is 18.7. The molecule has 168 valence electrons. The number of rotatable bonds is 8. The lowest BCUT2D eigenvalue weighted by molar-refractivity contribution is 0.300. The summed E-state index contributed by atoms with van der Waals surface area (Å²) in [6.45, 7) is 0.389. The average molecular weight is 449 g/mol. The molecule has 0 fully saturated rings. The van der Waals surface area contributed by atoms with Crippen LogP contribution in [0.4, 0.5) is 0 Å². The van der Waals surface area contributed by atoms with Gasteiger partial charge in [0.1, 0.15) is 18.1 Å². The number of methoxy groups -OCH3 is 1. The first-order chi connectivity index (χ1) is 16.8. The molecule has 5 rings (SSSR count). The Balaban J connectivity index is 1.30. The first-order valence-electron chi connectivity index (χ1n) is 11.0. The maximum atomic E-state index is 6.02. The summed E-state index contributed by atoms with van der Waals surface area (Å²) >= 11 is 0. The third-order valence-electron chi connectivity index (χ3n) is 5.40. The van der Waals surface area contributed by atoms with E-state index < -0.39 is 0 Å². The molecule has 0 aliphatic carbocycles. The van der Waals surface area contributed by atoms with E-state index in [0.717, 1.165) is 45.2 Å². The molecule has 0 unspecified atom stereocenters. The number of nitrogens with zero attached hydrogens (tertiary/aromatic N) is 2. The van der Waals surface area contributed by atoms with E-state index in [2.05, 4.69) is 50.5 Å². The van der Waals surface area contributed by atoms with Gasteiger partial charge >= 0.3 is 0 Å². The van der Waals surface area contributed by atoms with Crippen LogP contribution in [0.25, 0.3) is 35.2 Å². The summed E-state index contributed by atoms with van der Waals surface area (Å²) in [7, 11) is 1.65. The summed E-state index contributed by atoms with van der Waals surface area (Å²) in [6.07, 6.45) is 11.7. The van der Waals surface area contributed by atoms with E-state index in [1.165, 1.54) is 5.39 Å². The Morgan fingerprint density at radius 1 is 0.912 bits per heavy atom. The maximum Gasteiger partial charge on any atom is 0.130 e. The van der Waals surface area contributed by atoms with Crippen molar-refractivity contribution in [3.8, 4) is 11.5 Å². The van der Waals surface area contributed by atoms with E-state index >= 15 is 0 Å². The Hall–Kier alpha value is -4.58. The molecular weight excluding hydrogens is 424 g/mol. The summed E-state index contributed by atoms with van der Waals surface area (Å²) in [5.41, 5.74) is 5.74. The van der Waals surface area contributed by atoms with Crippen molar-refractivity contribution in [2.75, 3.05) is 7.11 Å². The number of ether oxygens (including phenoxy) is 2. The fourth-order valence-electron chi connectivity index (χ4n) is 3.60. The zero-order valence-electron chi connectivity index (χ0n) is 18.7. The van der Waals surface area contributed by atoms with Gasteiger partial charge in [-0.25, -0.2) is 0 Å². The summed E-state index contributed by atoms with van der Waals surface area (Å²) < 4.78 is 11.4. The first-order valence-corrected chi connectivity index (χ1v) is 11.0. The SMILES string of the molecule is COc1ccc(OCc2ccccn2)c(/C=C/c2cc(/C=C/c3ccc4cc[nH]c4c3)[nH]n2)c1. The molecule has 0 aliphatic heterocycles. The van der Waals surface area contributed by atoms with Crippen LogP contribution in [0, 0.1) is 0 Å². The van der Waals surface area contributed by atoms with E-state index in [-0.39, 0.29) is 0 Å². The van der Waals surface area contributed by atoms with Gasteiger partial charge in [-0.1, -0.05) is 24.3 Å². The molecule has 3 heterocycles. The van der Waals surface area contributed by atoms with Gasteiger partial charge in [0.25, 0.3) is 0 Å². The summed E-state index contributed by atoms with van der Waals surface area (Å²) in [5, 5.41) is 8.67. The van der Waals surface area contributed by atoms with Crippen LogP contribution in [0.1, 0.15) is 28.2 Å². The second kappa shape index (κ2) is 9.92. The standard InChI is InChI=1S/C28H24N4O2/c1-33-26-11-12-28(34-19-25-4-2-3-14-29-25)22(17-26)8-10-24-18-23(31-32-24)9-6-20-5-7-21-13-15-30-27(21)16-20/h2-18,30H,19H2,1H3,(H,31,32)/b9-6+,10-8+. The van der Waals surface area contributed by atoms with Crippen molar-refractivity contribution in [1.29, 1.82) is 0 Å². The number of aromatic amines is 2. The Morgan fingerprint density at radius 2 is 1.88 bits per heavy atom. The smallest absolute Gasteiger partial charge is 0.130 e. The van der Waals surface area contributed by atoms with Gasteiger partial charge in [0.05, 0.1) is 24.2 Å². The summed E-state index contributed by atoms with van der Waals surface area (Å²) in [4.78, 5) is 7.55. The topological polar surface area (TPSA) is 75.8 Å². The molecule has 0 spiro atoms. The molecule has 0 radical (unpaired) electrons. The van der Waals surface area contributed by atoms with Gasteiger partial charge in [0.2, 0.25) is 0 Å². The Morgan fingerprint density at radius 3 is 2.76 bits per heavy atom. The van der Waals surface area contributed by atoms with E-state index in [0.29, 0.717) is 6.61 Å². The normalized spacial score (nSPS) is 11.6. The lowest BCUT2D eigenvalue weighted by Crippen LogP contribution is -1.99. The third-order valence-corrected chi connectivity index (χ3v) is 5.40. The monoisotopic (exact) mass is 448 g/mol. The number of benzene rings is 2. The highest BCUT2D eigenvalue weighted by molar-refractivity contribution is 5.83. The second-order valence-corrected chi connectivity index (χ2v) is 7.75.